The summed E-state index contributed by atoms with van der Waals surface area (Å²) in [6.45, 7) is 9.00. The van der Waals surface area contributed by atoms with Crippen molar-refractivity contribution in [1.29, 1.82) is 0 Å². The van der Waals surface area contributed by atoms with Crippen LogP contribution in [0.3, 0.4) is 0 Å². The lowest BCUT2D eigenvalue weighted by molar-refractivity contribution is 0.0721. The molecule has 0 unspecified atom stereocenters. The Morgan fingerprint density at radius 3 is 2.50 bits per heavy atom. The van der Waals surface area contributed by atoms with E-state index in [1.165, 1.54) is 0 Å². The molecule has 102 valence electrons. The summed E-state index contributed by atoms with van der Waals surface area (Å²) in [5.41, 5.74) is 1.38. The lowest BCUT2D eigenvalue weighted by Gasteiger charge is -2.19. The van der Waals surface area contributed by atoms with Crippen LogP contribution in [0.5, 0.6) is 0 Å². The number of carbonyl (C=O) groups excluding carboxylic acids is 1. The Bertz CT molecular complexity index is 418. The molecule has 0 aromatic carbocycles. The van der Waals surface area contributed by atoms with Gasteiger partial charge >= 0.3 is 0 Å². The van der Waals surface area contributed by atoms with E-state index in [9.17, 15) is 4.79 Å². The normalized spacial score (nSPS) is 11.7. The van der Waals surface area contributed by atoms with Gasteiger partial charge in [0.1, 0.15) is 5.69 Å². The molecule has 0 bridgehead atoms. The zero-order valence-electron chi connectivity index (χ0n) is 11.9. The van der Waals surface area contributed by atoms with Gasteiger partial charge in [-0.15, -0.1) is 0 Å². The third kappa shape index (κ3) is 3.10. The molecule has 0 aliphatic carbocycles. The second kappa shape index (κ2) is 5.52. The lowest BCUT2D eigenvalue weighted by Crippen LogP contribution is -2.34. The molecule has 0 fully saturated rings. The number of aryl methyl sites for hydroxylation is 1. The number of aromatic nitrogens is 2. The molecule has 18 heavy (non-hydrogen) atoms. The molecule has 5 heteroatoms. The number of nitrogens with zero attached hydrogens (tertiary/aromatic N) is 3. The van der Waals surface area contributed by atoms with E-state index in [1.54, 1.807) is 16.6 Å². The van der Waals surface area contributed by atoms with E-state index in [0.717, 1.165) is 5.69 Å². The second-order valence-electron chi connectivity index (χ2n) is 5.40. The molecule has 0 radical (unpaired) electrons. The molecule has 0 spiro atoms. The molecule has 1 amide bonds. The smallest absolute Gasteiger partial charge is 0.272 e. The Morgan fingerprint density at radius 1 is 1.50 bits per heavy atom. The summed E-state index contributed by atoms with van der Waals surface area (Å²) < 4.78 is 1.61. The van der Waals surface area contributed by atoms with E-state index in [2.05, 4.69) is 25.9 Å². The number of aliphatic hydroxyl groups is 1. The molecule has 1 rings (SSSR count). The van der Waals surface area contributed by atoms with Crippen molar-refractivity contribution in [1.82, 2.24) is 14.7 Å². The molecular formula is C13H23N3O2. The first kappa shape index (κ1) is 14.7. The van der Waals surface area contributed by atoms with Crippen molar-refractivity contribution in [2.45, 2.75) is 33.1 Å². The van der Waals surface area contributed by atoms with Crippen LogP contribution >= 0.6 is 0 Å². The van der Waals surface area contributed by atoms with Crippen LogP contribution in [-0.4, -0.2) is 45.4 Å². The largest absolute Gasteiger partial charge is 0.395 e. The molecule has 1 N–H and O–H groups in total. The van der Waals surface area contributed by atoms with Crippen molar-refractivity contribution in [2.24, 2.45) is 7.05 Å². The average molecular weight is 253 g/mol. The minimum Gasteiger partial charge on any atom is -0.395 e. The van der Waals surface area contributed by atoms with Gasteiger partial charge in [-0.25, -0.2) is 0 Å². The number of rotatable bonds is 4. The van der Waals surface area contributed by atoms with Gasteiger partial charge in [-0.05, 0) is 13.0 Å². The van der Waals surface area contributed by atoms with Gasteiger partial charge in [-0.1, -0.05) is 20.8 Å². The number of amides is 1. The minimum atomic E-state index is -0.0861. The monoisotopic (exact) mass is 253 g/mol. The topological polar surface area (TPSA) is 58.4 Å². The summed E-state index contributed by atoms with van der Waals surface area (Å²) >= 11 is 0. The summed E-state index contributed by atoms with van der Waals surface area (Å²) in [7, 11) is 1.77. The maximum absolute atomic E-state index is 12.3. The Kier molecular flexibility index (Phi) is 4.51. The number of carbonyl (C=O) groups is 1. The van der Waals surface area contributed by atoms with Crippen molar-refractivity contribution in [2.75, 3.05) is 19.7 Å². The van der Waals surface area contributed by atoms with Crippen LogP contribution < -0.4 is 0 Å². The van der Waals surface area contributed by atoms with Crippen molar-refractivity contribution >= 4 is 5.91 Å². The Morgan fingerprint density at radius 2 is 2.11 bits per heavy atom. The highest BCUT2D eigenvalue weighted by molar-refractivity contribution is 5.92. The molecule has 0 saturated carbocycles. The summed E-state index contributed by atoms with van der Waals surface area (Å²) in [6.07, 6.45) is 0. The Labute approximate surface area is 108 Å². The van der Waals surface area contributed by atoms with Crippen molar-refractivity contribution in [3.05, 3.63) is 17.5 Å². The maximum Gasteiger partial charge on any atom is 0.272 e. The van der Waals surface area contributed by atoms with Gasteiger partial charge in [-0.3, -0.25) is 9.48 Å². The highest BCUT2D eigenvalue weighted by atomic mass is 16.3. The Balaban J connectivity index is 3.03. The molecule has 0 saturated heterocycles. The highest BCUT2D eigenvalue weighted by Crippen LogP contribution is 2.21. The van der Waals surface area contributed by atoms with E-state index in [4.69, 9.17) is 5.11 Å². The van der Waals surface area contributed by atoms with E-state index < -0.39 is 0 Å². The zero-order valence-corrected chi connectivity index (χ0v) is 11.9. The van der Waals surface area contributed by atoms with Gasteiger partial charge in [0.25, 0.3) is 5.91 Å². The quantitative estimate of drug-likeness (QED) is 0.876. The van der Waals surface area contributed by atoms with Crippen molar-refractivity contribution < 1.29 is 9.90 Å². The predicted octanol–water partition coefficient (Wildman–Crippen LogP) is 1.17. The van der Waals surface area contributed by atoms with Crippen molar-refractivity contribution in [3.8, 4) is 0 Å². The van der Waals surface area contributed by atoms with Crippen LogP contribution in [-0.2, 0) is 12.5 Å². The first-order chi connectivity index (χ1) is 8.31. The average Bonchev–Trinajstić information content (AvgIpc) is 2.67. The van der Waals surface area contributed by atoms with Gasteiger partial charge in [0.2, 0.25) is 0 Å². The molecule has 0 atom stereocenters. The lowest BCUT2D eigenvalue weighted by atomic mass is 9.92. The summed E-state index contributed by atoms with van der Waals surface area (Å²) in [4.78, 5) is 13.9. The molecule has 0 aliphatic rings. The fourth-order valence-corrected chi connectivity index (χ4v) is 1.72. The van der Waals surface area contributed by atoms with Crippen LogP contribution in [0.1, 0.15) is 43.9 Å². The maximum atomic E-state index is 12.3. The standard InChI is InChI=1S/C13H23N3O2/c1-6-16(7-8-17)12(18)10-9-11(13(2,3)4)14-15(10)5/h9,17H,6-8H2,1-5H3. The minimum absolute atomic E-state index is 0.0242. The van der Waals surface area contributed by atoms with Crippen LogP contribution in [0, 0.1) is 0 Å². The second-order valence-corrected chi connectivity index (χ2v) is 5.40. The fourth-order valence-electron chi connectivity index (χ4n) is 1.72. The molecule has 0 aliphatic heterocycles. The van der Waals surface area contributed by atoms with E-state index in [0.29, 0.717) is 18.8 Å². The Hall–Kier alpha value is -1.36. The summed E-state index contributed by atoms with van der Waals surface area (Å²) in [5, 5.41) is 13.3. The highest BCUT2D eigenvalue weighted by Gasteiger charge is 2.23. The van der Waals surface area contributed by atoms with Gasteiger partial charge in [0.05, 0.1) is 12.3 Å². The third-order valence-electron chi connectivity index (χ3n) is 2.91. The molecule has 1 aromatic rings. The van der Waals surface area contributed by atoms with E-state index >= 15 is 0 Å². The number of hydrogen-bond acceptors (Lipinski definition) is 3. The van der Waals surface area contributed by atoms with Crippen LogP contribution in [0.4, 0.5) is 0 Å². The SMILES string of the molecule is CCN(CCO)C(=O)c1cc(C(C)(C)C)nn1C. The van der Waals surface area contributed by atoms with Crippen molar-refractivity contribution in [3.63, 3.8) is 0 Å². The van der Waals surface area contributed by atoms with Gasteiger partial charge < -0.3 is 10.0 Å². The first-order valence-corrected chi connectivity index (χ1v) is 6.26. The third-order valence-corrected chi connectivity index (χ3v) is 2.91. The van der Waals surface area contributed by atoms with E-state index in [-0.39, 0.29) is 17.9 Å². The van der Waals surface area contributed by atoms with Gasteiger partial charge in [-0.2, -0.15) is 5.10 Å². The number of aliphatic hydroxyl groups excluding tert-OH is 1. The number of hydrogen-bond donors (Lipinski definition) is 1. The molecular weight excluding hydrogens is 230 g/mol. The zero-order chi connectivity index (χ0) is 13.9. The van der Waals surface area contributed by atoms with Gasteiger partial charge in [0, 0.05) is 25.6 Å². The predicted molar refractivity (Wildman–Crippen MR) is 70.6 cm³/mol. The van der Waals surface area contributed by atoms with Crippen LogP contribution in [0.25, 0.3) is 0 Å². The van der Waals surface area contributed by atoms with Crippen LogP contribution in [0.15, 0.2) is 6.07 Å². The summed E-state index contributed by atoms with van der Waals surface area (Å²) in [5.74, 6) is -0.0861. The van der Waals surface area contributed by atoms with Gasteiger partial charge in [0.15, 0.2) is 0 Å². The molecule has 1 heterocycles. The molecule has 5 nitrogen and oxygen atoms in total. The molecule has 1 aromatic heterocycles. The van der Waals surface area contributed by atoms with E-state index in [1.807, 2.05) is 13.0 Å². The summed E-state index contributed by atoms with van der Waals surface area (Å²) in [6, 6.07) is 1.84. The first-order valence-electron chi connectivity index (χ1n) is 6.26. The fraction of sp³-hybridized carbons (Fsp3) is 0.692. The van der Waals surface area contributed by atoms with Crippen LogP contribution in [0.2, 0.25) is 0 Å². The number of likely N-dealkylation sites (N-methyl/N-ethyl adjacent to an activating group) is 1.